The Bertz CT molecular complexity index is 727. The zero-order valence-electron chi connectivity index (χ0n) is 16.2. The average molecular weight is 373 g/mol. The van der Waals surface area contributed by atoms with Crippen LogP contribution in [0.4, 0.5) is 0 Å². The quantitative estimate of drug-likeness (QED) is 0.682. The molecule has 0 amide bonds. The SMILES string of the molecule is COC(=O)C1(OC)CCC(C#N)(c2ccc(OC)c(OCC3CC3)c2)CC1. The van der Waals surface area contributed by atoms with Crippen LogP contribution in [0.5, 0.6) is 11.5 Å². The van der Waals surface area contributed by atoms with Gasteiger partial charge in [-0.15, -0.1) is 0 Å². The number of carbonyl (C=O) groups is 1. The molecule has 1 aromatic carbocycles. The lowest BCUT2D eigenvalue weighted by molar-refractivity contribution is -0.171. The maximum absolute atomic E-state index is 12.2. The Hall–Kier alpha value is -2.26. The number of hydrogen-bond donors (Lipinski definition) is 0. The minimum Gasteiger partial charge on any atom is -0.493 e. The number of nitrogens with zero attached hydrogens (tertiary/aromatic N) is 1. The zero-order valence-corrected chi connectivity index (χ0v) is 16.2. The van der Waals surface area contributed by atoms with Crippen molar-refractivity contribution in [3.05, 3.63) is 23.8 Å². The highest BCUT2D eigenvalue weighted by Crippen LogP contribution is 2.46. The summed E-state index contributed by atoms with van der Waals surface area (Å²) in [5, 5.41) is 10.0. The molecule has 0 unspecified atom stereocenters. The number of hydrogen-bond acceptors (Lipinski definition) is 6. The van der Waals surface area contributed by atoms with Gasteiger partial charge in [0.2, 0.25) is 0 Å². The second-order valence-corrected chi connectivity index (χ2v) is 7.50. The fourth-order valence-corrected chi connectivity index (χ4v) is 3.80. The van der Waals surface area contributed by atoms with Crippen molar-refractivity contribution in [3.63, 3.8) is 0 Å². The van der Waals surface area contributed by atoms with Crippen molar-refractivity contribution in [2.45, 2.75) is 49.5 Å². The highest BCUT2D eigenvalue weighted by molar-refractivity contribution is 5.79. The molecule has 3 rings (SSSR count). The molecule has 2 aliphatic rings. The van der Waals surface area contributed by atoms with Crippen molar-refractivity contribution in [1.82, 2.24) is 0 Å². The largest absolute Gasteiger partial charge is 0.493 e. The van der Waals surface area contributed by atoms with E-state index in [0.29, 0.717) is 49.7 Å². The van der Waals surface area contributed by atoms with Crippen LogP contribution in [0, 0.1) is 17.2 Å². The van der Waals surface area contributed by atoms with Gasteiger partial charge in [-0.05, 0) is 62.1 Å². The second-order valence-electron chi connectivity index (χ2n) is 7.50. The molecule has 0 radical (unpaired) electrons. The Morgan fingerprint density at radius 2 is 1.85 bits per heavy atom. The minimum absolute atomic E-state index is 0.375. The number of benzene rings is 1. The molecule has 2 saturated carbocycles. The van der Waals surface area contributed by atoms with Gasteiger partial charge < -0.3 is 18.9 Å². The van der Waals surface area contributed by atoms with Gasteiger partial charge in [-0.1, -0.05) is 6.07 Å². The summed E-state index contributed by atoms with van der Waals surface area (Å²) in [5.41, 5.74) is -0.751. The number of methoxy groups -OCH3 is 3. The Kier molecular flexibility index (Phi) is 5.61. The minimum atomic E-state index is -0.965. The van der Waals surface area contributed by atoms with E-state index >= 15 is 0 Å². The summed E-state index contributed by atoms with van der Waals surface area (Å²) in [6.45, 7) is 0.675. The average Bonchev–Trinajstić information content (AvgIpc) is 3.56. The fraction of sp³-hybridized carbons (Fsp3) is 0.619. The van der Waals surface area contributed by atoms with Crippen molar-refractivity contribution in [3.8, 4) is 17.6 Å². The van der Waals surface area contributed by atoms with Crippen LogP contribution in [0.3, 0.4) is 0 Å². The molecule has 0 aromatic heterocycles. The molecule has 0 heterocycles. The van der Waals surface area contributed by atoms with E-state index in [-0.39, 0.29) is 5.97 Å². The van der Waals surface area contributed by atoms with Crippen LogP contribution >= 0.6 is 0 Å². The highest BCUT2D eigenvalue weighted by atomic mass is 16.6. The molecule has 0 spiro atoms. The maximum Gasteiger partial charge on any atom is 0.338 e. The zero-order chi connectivity index (χ0) is 19.5. The molecule has 0 aliphatic heterocycles. The highest BCUT2D eigenvalue weighted by Gasteiger charge is 2.49. The molecular formula is C21H27NO5. The second kappa shape index (κ2) is 7.77. The summed E-state index contributed by atoms with van der Waals surface area (Å²) in [4.78, 5) is 12.2. The monoisotopic (exact) mass is 373 g/mol. The van der Waals surface area contributed by atoms with E-state index in [0.717, 1.165) is 5.56 Å². The number of ether oxygens (including phenoxy) is 4. The Morgan fingerprint density at radius 3 is 2.37 bits per heavy atom. The molecule has 0 saturated heterocycles. The third kappa shape index (κ3) is 3.74. The number of esters is 1. The summed E-state index contributed by atoms with van der Waals surface area (Å²) < 4.78 is 21.8. The Balaban J connectivity index is 1.84. The van der Waals surface area contributed by atoms with E-state index in [1.165, 1.54) is 27.1 Å². The van der Waals surface area contributed by atoms with Gasteiger partial charge in [0.1, 0.15) is 0 Å². The first-order chi connectivity index (χ1) is 13.0. The van der Waals surface area contributed by atoms with Crippen molar-refractivity contribution in [2.75, 3.05) is 27.9 Å². The summed E-state index contributed by atoms with van der Waals surface area (Å²) in [7, 11) is 4.50. The third-order valence-electron chi connectivity index (χ3n) is 5.96. The first kappa shape index (κ1) is 19.5. The van der Waals surface area contributed by atoms with E-state index in [1.54, 1.807) is 7.11 Å². The van der Waals surface area contributed by atoms with E-state index in [4.69, 9.17) is 18.9 Å². The normalized spacial score (nSPS) is 27.5. The van der Waals surface area contributed by atoms with E-state index in [1.807, 2.05) is 18.2 Å². The van der Waals surface area contributed by atoms with Crippen LogP contribution in [0.2, 0.25) is 0 Å². The predicted octanol–water partition coefficient (Wildman–Crippen LogP) is 3.38. The van der Waals surface area contributed by atoms with Gasteiger partial charge in [0.25, 0.3) is 0 Å². The van der Waals surface area contributed by atoms with E-state index < -0.39 is 11.0 Å². The lowest BCUT2D eigenvalue weighted by Crippen LogP contribution is -2.48. The lowest BCUT2D eigenvalue weighted by Gasteiger charge is -2.40. The Morgan fingerprint density at radius 1 is 1.15 bits per heavy atom. The van der Waals surface area contributed by atoms with Crippen molar-refractivity contribution >= 4 is 5.97 Å². The fourth-order valence-electron chi connectivity index (χ4n) is 3.80. The van der Waals surface area contributed by atoms with Crippen LogP contribution in [-0.4, -0.2) is 39.5 Å². The van der Waals surface area contributed by atoms with Gasteiger partial charge in [0.05, 0.1) is 32.3 Å². The standard InChI is InChI=1S/C21H27NO5/c1-24-17-7-6-16(12-18(17)27-13-15-4-5-15)20(14-22)8-10-21(26-3,11-9-20)19(23)25-2/h6-7,12,15H,4-5,8-11,13H2,1-3H3. The molecule has 6 heteroatoms. The van der Waals surface area contributed by atoms with Crippen LogP contribution < -0.4 is 9.47 Å². The smallest absolute Gasteiger partial charge is 0.338 e. The van der Waals surface area contributed by atoms with Gasteiger partial charge in [0.15, 0.2) is 17.1 Å². The first-order valence-corrected chi connectivity index (χ1v) is 9.38. The summed E-state index contributed by atoms with van der Waals surface area (Å²) in [5.74, 6) is 1.59. The molecule has 0 atom stereocenters. The lowest BCUT2D eigenvalue weighted by atomic mass is 9.66. The van der Waals surface area contributed by atoms with Crippen LogP contribution in [0.25, 0.3) is 0 Å². The Labute approximate surface area is 160 Å². The molecule has 0 bridgehead atoms. The van der Waals surface area contributed by atoms with Crippen molar-refractivity contribution < 1.29 is 23.7 Å². The number of rotatable bonds is 7. The van der Waals surface area contributed by atoms with Crippen molar-refractivity contribution in [1.29, 1.82) is 5.26 Å². The van der Waals surface area contributed by atoms with Crippen LogP contribution in [0.15, 0.2) is 18.2 Å². The van der Waals surface area contributed by atoms with E-state index in [2.05, 4.69) is 6.07 Å². The summed E-state index contributed by atoms with van der Waals surface area (Å²) >= 11 is 0. The summed E-state index contributed by atoms with van der Waals surface area (Å²) in [6.07, 6.45) is 4.32. The van der Waals surface area contributed by atoms with Gasteiger partial charge in [-0.2, -0.15) is 5.26 Å². The predicted molar refractivity (Wildman–Crippen MR) is 98.7 cm³/mol. The summed E-state index contributed by atoms with van der Waals surface area (Å²) in [6, 6.07) is 8.19. The molecule has 6 nitrogen and oxygen atoms in total. The number of nitriles is 1. The van der Waals surface area contributed by atoms with Gasteiger partial charge in [0, 0.05) is 7.11 Å². The molecule has 146 valence electrons. The molecule has 1 aromatic rings. The van der Waals surface area contributed by atoms with Crippen LogP contribution in [-0.2, 0) is 19.7 Å². The topological polar surface area (TPSA) is 77.8 Å². The molecule has 0 N–H and O–H groups in total. The number of carbonyl (C=O) groups excluding carboxylic acids is 1. The third-order valence-corrected chi connectivity index (χ3v) is 5.96. The van der Waals surface area contributed by atoms with Gasteiger partial charge in [-0.25, -0.2) is 4.79 Å². The van der Waals surface area contributed by atoms with E-state index in [9.17, 15) is 10.1 Å². The van der Waals surface area contributed by atoms with Crippen LogP contribution in [0.1, 0.15) is 44.1 Å². The molecule has 2 fully saturated rings. The van der Waals surface area contributed by atoms with Crippen molar-refractivity contribution in [2.24, 2.45) is 5.92 Å². The molecule has 2 aliphatic carbocycles. The molecular weight excluding hydrogens is 346 g/mol. The maximum atomic E-state index is 12.2. The van der Waals surface area contributed by atoms with Gasteiger partial charge in [-0.3, -0.25) is 0 Å². The van der Waals surface area contributed by atoms with Gasteiger partial charge >= 0.3 is 5.97 Å². The molecule has 27 heavy (non-hydrogen) atoms. The first-order valence-electron chi connectivity index (χ1n) is 9.38.